The van der Waals surface area contributed by atoms with Gasteiger partial charge in [0, 0.05) is 45.3 Å². The van der Waals surface area contributed by atoms with E-state index in [-0.39, 0.29) is 5.91 Å². The van der Waals surface area contributed by atoms with Crippen molar-refractivity contribution >= 4 is 28.4 Å². The molecule has 0 unspecified atom stereocenters. The molecule has 0 saturated carbocycles. The summed E-state index contributed by atoms with van der Waals surface area (Å²) in [5.41, 5.74) is 1.43. The van der Waals surface area contributed by atoms with E-state index >= 15 is 0 Å². The van der Waals surface area contributed by atoms with Crippen molar-refractivity contribution in [2.75, 3.05) is 40.5 Å². The number of halogens is 1. The van der Waals surface area contributed by atoms with Crippen molar-refractivity contribution in [2.45, 2.75) is 0 Å². The highest BCUT2D eigenvalue weighted by Crippen LogP contribution is 2.30. The minimum atomic E-state index is -0.113. The average molecular weight is 325 g/mol. The first-order valence-electron chi connectivity index (χ1n) is 7.11. The lowest BCUT2D eigenvalue weighted by molar-refractivity contribution is 0.0619. The summed E-state index contributed by atoms with van der Waals surface area (Å²) >= 11 is 6.44. The van der Waals surface area contributed by atoms with E-state index in [1.165, 1.54) is 0 Å². The number of benzene rings is 1. The summed E-state index contributed by atoms with van der Waals surface area (Å²) in [5.74, 6) is -0.113. The largest absolute Gasteiger partial charge is 0.383 e. The maximum absolute atomic E-state index is 12.9. The quantitative estimate of drug-likeness (QED) is 0.786. The Kier molecular flexibility index (Phi) is 5.83. The van der Waals surface area contributed by atoms with Gasteiger partial charge in [-0.25, -0.2) is 0 Å². The topological polar surface area (TPSA) is 43.7 Å². The van der Waals surface area contributed by atoms with E-state index in [0.29, 0.717) is 37.0 Å². The predicted molar refractivity (Wildman–Crippen MR) is 87.6 cm³/mol. The van der Waals surface area contributed by atoms with Crippen molar-refractivity contribution in [3.8, 4) is 0 Å². The Morgan fingerprint density at radius 1 is 1.18 bits per heavy atom. The number of ether oxygens (including phenoxy) is 2. The number of rotatable bonds is 7. The summed E-state index contributed by atoms with van der Waals surface area (Å²) in [4.78, 5) is 14.6. The SMILES string of the molecule is COCCN(CCOC)C(=O)c1c(Cl)c2ccccc2n1C. The van der Waals surface area contributed by atoms with Gasteiger partial charge in [0.15, 0.2) is 0 Å². The molecule has 6 heteroatoms. The first-order valence-corrected chi connectivity index (χ1v) is 7.49. The van der Waals surface area contributed by atoms with Crippen LogP contribution in [0.5, 0.6) is 0 Å². The Bertz CT molecular complexity index is 607. The average Bonchev–Trinajstić information content (AvgIpc) is 2.79. The van der Waals surface area contributed by atoms with Crippen LogP contribution >= 0.6 is 11.6 Å². The highest BCUT2D eigenvalue weighted by Gasteiger charge is 2.24. The zero-order valence-electron chi connectivity index (χ0n) is 13.1. The fourth-order valence-electron chi connectivity index (χ4n) is 2.45. The molecule has 0 radical (unpaired) electrons. The molecule has 1 amide bonds. The minimum absolute atomic E-state index is 0.113. The number of aryl methyl sites for hydroxylation is 1. The molecule has 0 aliphatic carbocycles. The van der Waals surface area contributed by atoms with Gasteiger partial charge in [0.2, 0.25) is 0 Å². The highest BCUT2D eigenvalue weighted by molar-refractivity contribution is 6.38. The molecule has 0 aliphatic heterocycles. The maximum atomic E-state index is 12.9. The zero-order chi connectivity index (χ0) is 16.1. The minimum Gasteiger partial charge on any atom is -0.383 e. The summed E-state index contributed by atoms with van der Waals surface area (Å²) < 4.78 is 12.0. The number of amides is 1. The van der Waals surface area contributed by atoms with Crippen molar-refractivity contribution in [3.63, 3.8) is 0 Å². The van der Waals surface area contributed by atoms with Crippen LogP contribution in [0.25, 0.3) is 10.9 Å². The van der Waals surface area contributed by atoms with E-state index in [1.807, 2.05) is 35.9 Å². The van der Waals surface area contributed by atoms with Gasteiger partial charge in [-0.3, -0.25) is 4.79 Å². The second-order valence-corrected chi connectivity index (χ2v) is 5.39. The fraction of sp³-hybridized carbons (Fsp3) is 0.438. The molecule has 5 nitrogen and oxygen atoms in total. The summed E-state index contributed by atoms with van der Waals surface area (Å²) in [6.45, 7) is 1.93. The number of methoxy groups -OCH3 is 2. The van der Waals surface area contributed by atoms with Crippen LogP contribution in [0.4, 0.5) is 0 Å². The van der Waals surface area contributed by atoms with Gasteiger partial charge in [-0.05, 0) is 6.07 Å². The molecule has 2 rings (SSSR count). The monoisotopic (exact) mass is 324 g/mol. The van der Waals surface area contributed by atoms with Crippen LogP contribution in [-0.4, -0.2) is 55.9 Å². The van der Waals surface area contributed by atoms with Crippen molar-refractivity contribution in [2.24, 2.45) is 7.05 Å². The number of aromatic nitrogens is 1. The molecule has 0 atom stereocenters. The second kappa shape index (κ2) is 7.63. The van der Waals surface area contributed by atoms with Crippen LogP contribution in [0.3, 0.4) is 0 Å². The molecule has 2 aromatic rings. The summed E-state index contributed by atoms with van der Waals surface area (Å²) in [6, 6.07) is 7.71. The van der Waals surface area contributed by atoms with Gasteiger partial charge in [0.25, 0.3) is 5.91 Å². The Hall–Kier alpha value is -1.56. The third kappa shape index (κ3) is 3.27. The zero-order valence-corrected chi connectivity index (χ0v) is 13.9. The third-order valence-corrected chi connectivity index (χ3v) is 4.05. The Morgan fingerprint density at radius 2 is 1.77 bits per heavy atom. The lowest BCUT2D eigenvalue weighted by Crippen LogP contribution is -2.37. The van der Waals surface area contributed by atoms with Crippen molar-refractivity contribution in [1.29, 1.82) is 0 Å². The first kappa shape index (κ1) is 16.8. The number of hydrogen-bond acceptors (Lipinski definition) is 3. The second-order valence-electron chi connectivity index (χ2n) is 5.02. The Labute approximate surface area is 135 Å². The lowest BCUT2D eigenvalue weighted by Gasteiger charge is -2.22. The molecule has 22 heavy (non-hydrogen) atoms. The summed E-state index contributed by atoms with van der Waals surface area (Å²) in [6.07, 6.45) is 0. The van der Waals surface area contributed by atoms with Crippen molar-refractivity contribution in [3.05, 3.63) is 35.0 Å². The van der Waals surface area contributed by atoms with E-state index < -0.39 is 0 Å². The van der Waals surface area contributed by atoms with Gasteiger partial charge in [0.1, 0.15) is 5.69 Å². The Balaban J connectivity index is 2.37. The molecule has 0 saturated heterocycles. The van der Waals surface area contributed by atoms with E-state index in [2.05, 4.69) is 0 Å². The standard InChI is InChI=1S/C16H21ClN2O3/c1-18-13-7-5-4-6-12(13)14(17)15(18)16(20)19(8-10-21-2)9-11-22-3/h4-7H,8-11H2,1-3H3. The Morgan fingerprint density at radius 3 is 2.32 bits per heavy atom. The predicted octanol–water partition coefficient (Wildman–Crippen LogP) is 2.57. The number of fused-ring (bicyclic) bond motifs is 1. The van der Waals surface area contributed by atoms with Crippen LogP contribution in [0, 0.1) is 0 Å². The highest BCUT2D eigenvalue weighted by atomic mass is 35.5. The lowest BCUT2D eigenvalue weighted by atomic mass is 10.2. The molecular weight excluding hydrogens is 304 g/mol. The van der Waals surface area contributed by atoms with Gasteiger partial charge in [-0.15, -0.1) is 0 Å². The molecule has 0 N–H and O–H groups in total. The molecule has 1 aromatic heterocycles. The molecule has 1 aromatic carbocycles. The van der Waals surface area contributed by atoms with Crippen LogP contribution in [0.1, 0.15) is 10.5 Å². The number of para-hydroxylation sites is 1. The van der Waals surface area contributed by atoms with Crippen molar-refractivity contribution < 1.29 is 14.3 Å². The molecular formula is C16H21ClN2O3. The summed E-state index contributed by atoms with van der Waals surface area (Å²) in [7, 11) is 5.08. The van der Waals surface area contributed by atoms with E-state index in [0.717, 1.165) is 10.9 Å². The number of carbonyl (C=O) groups excluding carboxylic acids is 1. The van der Waals surface area contributed by atoms with E-state index in [1.54, 1.807) is 19.1 Å². The first-order chi connectivity index (χ1) is 10.6. The normalized spacial score (nSPS) is 11.1. The van der Waals surface area contributed by atoms with Crippen molar-refractivity contribution in [1.82, 2.24) is 9.47 Å². The molecule has 0 spiro atoms. The van der Waals surface area contributed by atoms with Gasteiger partial charge < -0.3 is 18.9 Å². The molecule has 1 heterocycles. The van der Waals surface area contributed by atoms with Crippen LogP contribution in [0.2, 0.25) is 5.02 Å². The number of hydrogen-bond donors (Lipinski definition) is 0. The van der Waals surface area contributed by atoms with Gasteiger partial charge in [0.05, 0.1) is 18.2 Å². The smallest absolute Gasteiger partial charge is 0.272 e. The maximum Gasteiger partial charge on any atom is 0.272 e. The van der Waals surface area contributed by atoms with Gasteiger partial charge in [-0.1, -0.05) is 29.8 Å². The molecule has 120 valence electrons. The van der Waals surface area contributed by atoms with E-state index in [4.69, 9.17) is 21.1 Å². The molecule has 0 aliphatic rings. The van der Waals surface area contributed by atoms with E-state index in [9.17, 15) is 4.79 Å². The molecule has 0 fully saturated rings. The van der Waals surface area contributed by atoms with Crippen LogP contribution < -0.4 is 0 Å². The van der Waals surface area contributed by atoms with Gasteiger partial charge >= 0.3 is 0 Å². The van der Waals surface area contributed by atoms with Crippen LogP contribution in [0.15, 0.2) is 24.3 Å². The number of nitrogens with zero attached hydrogens (tertiary/aromatic N) is 2. The molecule has 0 bridgehead atoms. The summed E-state index contributed by atoms with van der Waals surface area (Å²) in [5, 5.41) is 1.37. The van der Waals surface area contributed by atoms with Gasteiger partial charge in [-0.2, -0.15) is 0 Å². The fourth-order valence-corrected chi connectivity index (χ4v) is 2.82. The number of carbonyl (C=O) groups is 1. The van der Waals surface area contributed by atoms with Crippen LogP contribution in [-0.2, 0) is 16.5 Å². The third-order valence-electron chi connectivity index (χ3n) is 3.67.